The molecule has 0 atom stereocenters. The number of rotatable bonds is 8. The molecule has 0 radical (unpaired) electrons. The number of nitrogens with one attached hydrogen (secondary N) is 1. The van der Waals surface area contributed by atoms with Crippen LogP contribution in [0.25, 0.3) is 11.1 Å². The lowest BCUT2D eigenvalue weighted by Crippen LogP contribution is -2.22. The molecule has 2 aromatic heterocycles. The minimum absolute atomic E-state index is 0.0115. The first-order chi connectivity index (χ1) is 18.0. The zero-order chi connectivity index (χ0) is 27.9. The first-order valence-corrected chi connectivity index (χ1v) is 10.8. The van der Waals surface area contributed by atoms with Gasteiger partial charge < -0.3 is 9.64 Å². The van der Waals surface area contributed by atoms with Crippen LogP contribution in [0.5, 0.6) is 5.75 Å². The Labute approximate surface area is 217 Å². The van der Waals surface area contributed by atoms with E-state index in [1.807, 2.05) is 6.07 Å². The number of aliphatic imine (C=N–C) groups is 1. The Balaban J connectivity index is 1.88. The average Bonchev–Trinajstić information content (AvgIpc) is 2.88. The zero-order valence-corrected chi connectivity index (χ0v) is 20.1. The fourth-order valence-corrected chi connectivity index (χ4v) is 3.29. The number of nitriles is 2. The number of aldehydes is 1. The molecule has 1 aromatic carbocycles. The Kier molecular flexibility index (Phi) is 8.57. The molecule has 0 aliphatic carbocycles. The topological polar surface area (TPSA) is 148 Å². The highest BCUT2D eigenvalue weighted by Crippen LogP contribution is 2.31. The van der Waals surface area contributed by atoms with Gasteiger partial charge in [-0.05, 0) is 30.3 Å². The third-order valence-electron chi connectivity index (χ3n) is 4.67. The maximum absolute atomic E-state index is 13.7. The predicted molar refractivity (Wildman–Crippen MR) is 129 cm³/mol. The number of hydrogen-bond donors (Lipinski definition) is 1. The number of ether oxygens (including phenoxy) is 1. The molecule has 0 amide bonds. The normalized spacial score (nSPS) is 11.9. The molecule has 2 heterocycles. The van der Waals surface area contributed by atoms with Crippen molar-refractivity contribution < 1.29 is 22.7 Å². The first-order valence-electron chi connectivity index (χ1n) is 10.4. The van der Waals surface area contributed by atoms with E-state index in [1.54, 1.807) is 6.07 Å². The molecule has 0 spiro atoms. The summed E-state index contributed by atoms with van der Waals surface area (Å²) in [5, 5.41) is 24.2. The number of carbonyl (C=O) groups is 1. The summed E-state index contributed by atoms with van der Waals surface area (Å²) in [6.45, 7) is -0.0963. The van der Waals surface area contributed by atoms with Crippen LogP contribution in [0.15, 0.2) is 64.0 Å². The Hall–Kier alpha value is -5.01. The van der Waals surface area contributed by atoms with Crippen molar-refractivity contribution in [2.24, 2.45) is 4.99 Å². The first kappa shape index (κ1) is 27.6. The van der Waals surface area contributed by atoms with Crippen molar-refractivity contribution in [2.75, 3.05) is 7.05 Å². The van der Waals surface area contributed by atoms with Crippen LogP contribution in [0.1, 0.15) is 16.8 Å². The number of benzene rings is 1. The van der Waals surface area contributed by atoms with Gasteiger partial charge in [0.05, 0.1) is 41.3 Å². The molecule has 0 saturated carbocycles. The maximum atomic E-state index is 13.7. The number of nitrogens with zero attached hydrogens (tertiary/aromatic N) is 6. The van der Waals surface area contributed by atoms with Gasteiger partial charge in [-0.15, -0.1) is 0 Å². The number of alkyl halides is 3. The number of pyridine rings is 1. The van der Waals surface area contributed by atoms with Crippen LogP contribution in [0.2, 0.25) is 5.02 Å². The monoisotopic (exact) mass is 541 g/mol. The van der Waals surface area contributed by atoms with E-state index in [2.05, 4.69) is 20.2 Å². The lowest BCUT2D eigenvalue weighted by atomic mass is 10.1. The second-order valence-electron chi connectivity index (χ2n) is 7.55. The zero-order valence-electron chi connectivity index (χ0n) is 19.3. The number of carbonyl (C=O) groups excluding carboxylic acids is 1. The second kappa shape index (κ2) is 11.8. The second-order valence-corrected chi connectivity index (χ2v) is 7.99. The molecular formula is C24H15ClF3N7O3. The highest BCUT2D eigenvalue weighted by molar-refractivity contribution is 6.30. The van der Waals surface area contributed by atoms with Crippen molar-refractivity contribution in [3.8, 4) is 29.0 Å². The number of allylic oxidation sites excluding steroid dienone is 2. The van der Waals surface area contributed by atoms with E-state index in [0.717, 1.165) is 18.5 Å². The predicted octanol–water partition coefficient (Wildman–Crippen LogP) is 3.74. The van der Waals surface area contributed by atoms with Crippen LogP contribution in [-0.2, 0) is 11.3 Å². The third-order valence-corrected chi connectivity index (χ3v) is 4.89. The Morgan fingerprint density at radius 2 is 1.92 bits per heavy atom. The van der Waals surface area contributed by atoms with Crippen LogP contribution in [0, 0.1) is 22.7 Å². The molecule has 1 N–H and O–H groups in total. The van der Waals surface area contributed by atoms with Crippen molar-refractivity contribution in [1.82, 2.24) is 20.1 Å². The van der Waals surface area contributed by atoms with E-state index in [0.29, 0.717) is 5.56 Å². The van der Waals surface area contributed by atoms with Crippen molar-refractivity contribution >= 4 is 24.2 Å². The van der Waals surface area contributed by atoms with E-state index in [4.69, 9.17) is 26.9 Å². The van der Waals surface area contributed by atoms with E-state index in [1.165, 1.54) is 42.5 Å². The molecule has 0 unspecified atom stereocenters. The van der Waals surface area contributed by atoms with Gasteiger partial charge in [-0.1, -0.05) is 11.6 Å². The van der Waals surface area contributed by atoms with Gasteiger partial charge in [-0.25, -0.2) is 10.1 Å². The smallest absolute Gasteiger partial charge is 0.437 e. The van der Waals surface area contributed by atoms with Crippen molar-refractivity contribution in [1.29, 1.82) is 10.5 Å². The van der Waals surface area contributed by atoms with Gasteiger partial charge in [0.25, 0.3) is 5.56 Å². The molecule has 0 aliphatic rings. The van der Waals surface area contributed by atoms with Gasteiger partial charge >= 0.3 is 6.18 Å². The number of halogens is 4. The number of H-pyrrole nitrogens is 1. The van der Waals surface area contributed by atoms with Gasteiger partial charge in [0.1, 0.15) is 11.8 Å². The van der Waals surface area contributed by atoms with E-state index < -0.39 is 23.2 Å². The fraction of sp³-hybridized carbons (Fsp3) is 0.125. The van der Waals surface area contributed by atoms with E-state index >= 15 is 0 Å². The van der Waals surface area contributed by atoms with Crippen LogP contribution in [0.4, 0.5) is 13.2 Å². The van der Waals surface area contributed by atoms with Gasteiger partial charge in [-0.3, -0.25) is 14.6 Å². The van der Waals surface area contributed by atoms with Gasteiger partial charge in [0.15, 0.2) is 17.7 Å². The Morgan fingerprint density at radius 1 is 1.18 bits per heavy atom. The molecular weight excluding hydrogens is 527 g/mol. The summed E-state index contributed by atoms with van der Waals surface area (Å²) >= 11 is 5.84. The third kappa shape index (κ3) is 7.02. The SMILES string of the molecule is CN(/C=N\C(=C(/C=O)Oc1cc(Cl)cc(C#N)c1)C(F)(F)F)Cc1cc(-c2cncc(C#N)c2)c(=O)[nH]n1. The molecule has 192 valence electrons. The lowest BCUT2D eigenvalue weighted by Gasteiger charge is -2.15. The van der Waals surface area contributed by atoms with Gasteiger partial charge in [-0.2, -0.15) is 28.8 Å². The summed E-state index contributed by atoms with van der Waals surface area (Å²) in [5.41, 5.74) is -1.20. The number of aromatic amines is 1. The molecule has 3 rings (SSSR count). The summed E-state index contributed by atoms with van der Waals surface area (Å²) in [5.74, 6) is -1.41. The van der Waals surface area contributed by atoms with Crippen LogP contribution in [0.3, 0.4) is 0 Å². The summed E-state index contributed by atoms with van der Waals surface area (Å²) in [6.07, 6.45) is -1.74. The van der Waals surface area contributed by atoms with Crippen LogP contribution in [-0.4, -0.2) is 45.9 Å². The number of aromatic nitrogens is 3. The van der Waals surface area contributed by atoms with Gasteiger partial charge in [0, 0.05) is 30.0 Å². The molecule has 38 heavy (non-hydrogen) atoms. The Bertz CT molecular complexity index is 1570. The maximum Gasteiger partial charge on any atom is 0.437 e. The standard InChI is InChI=1S/C24H15ClF3N7O3/c1-35(11-18-6-20(23(37)34-33-18)16-2-15(8-30)9-31-10-16)13-32-22(24(26,27)28)21(12-36)38-19-4-14(7-29)3-17(25)5-19/h2-6,9-10,12-13H,11H2,1H3,(H,34,37)/b22-21+,32-13-. The quantitative estimate of drug-likeness (QED) is 0.149. The van der Waals surface area contributed by atoms with Crippen LogP contribution >= 0.6 is 11.6 Å². The average molecular weight is 542 g/mol. The van der Waals surface area contributed by atoms with Crippen molar-refractivity contribution in [3.63, 3.8) is 0 Å². The Morgan fingerprint density at radius 3 is 2.58 bits per heavy atom. The summed E-state index contributed by atoms with van der Waals surface area (Å²) in [6, 6.07) is 10.0. The summed E-state index contributed by atoms with van der Waals surface area (Å²) in [7, 11) is 1.39. The molecule has 3 aromatic rings. The van der Waals surface area contributed by atoms with Crippen molar-refractivity contribution in [3.05, 3.63) is 86.4 Å². The molecule has 0 fully saturated rings. The molecule has 0 aliphatic heterocycles. The van der Waals surface area contributed by atoms with E-state index in [-0.39, 0.29) is 46.0 Å². The molecule has 10 nitrogen and oxygen atoms in total. The summed E-state index contributed by atoms with van der Waals surface area (Å²) in [4.78, 5) is 32.2. The lowest BCUT2D eigenvalue weighted by molar-refractivity contribution is -0.110. The summed E-state index contributed by atoms with van der Waals surface area (Å²) < 4.78 is 46.2. The highest BCUT2D eigenvalue weighted by atomic mass is 35.5. The largest absolute Gasteiger partial charge is 0.452 e. The minimum atomic E-state index is -5.08. The van der Waals surface area contributed by atoms with E-state index in [9.17, 15) is 22.8 Å². The molecule has 14 heteroatoms. The van der Waals surface area contributed by atoms with Gasteiger partial charge in [0.2, 0.25) is 0 Å². The van der Waals surface area contributed by atoms with Crippen molar-refractivity contribution in [2.45, 2.75) is 12.7 Å². The molecule has 0 bridgehead atoms. The number of hydrogen-bond acceptors (Lipinski definition) is 8. The fourth-order valence-electron chi connectivity index (χ4n) is 3.06. The molecule has 0 saturated heterocycles. The van der Waals surface area contributed by atoms with Crippen LogP contribution < -0.4 is 10.3 Å². The highest BCUT2D eigenvalue weighted by Gasteiger charge is 2.38. The minimum Gasteiger partial charge on any atom is -0.452 e.